The Morgan fingerprint density at radius 3 is 2.73 bits per heavy atom. The molecule has 1 aromatic heterocycles. The lowest BCUT2D eigenvalue weighted by Crippen LogP contribution is -2.46. The van der Waals surface area contributed by atoms with Crippen LogP contribution < -0.4 is 14.8 Å². The van der Waals surface area contributed by atoms with Crippen molar-refractivity contribution >= 4 is 50.6 Å². The topological polar surface area (TPSA) is 78.0 Å². The van der Waals surface area contributed by atoms with Gasteiger partial charge >= 0.3 is 5.13 Å². The summed E-state index contributed by atoms with van der Waals surface area (Å²) in [6.07, 6.45) is 2.48. The highest BCUT2D eigenvalue weighted by Gasteiger charge is 2.27. The van der Waals surface area contributed by atoms with Crippen molar-refractivity contribution in [2.45, 2.75) is 19.0 Å². The van der Waals surface area contributed by atoms with Crippen LogP contribution in [0.3, 0.4) is 0 Å². The molecule has 0 radical (unpaired) electrons. The average molecular weight is 391 g/mol. The number of anilines is 1. The number of nitrogens with one attached hydrogen (secondary N) is 1. The van der Waals surface area contributed by atoms with E-state index in [0.717, 1.165) is 17.1 Å². The molecule has 1 unspecified atom stereocenters. The van der Waals surface area contributed by atoms with E-state index in [4.69, 9.17) is 0 Å². The molecule has 7 nitrogen and oxygen atoms in total. The van der Waals surface area contributed by atoms with Gasteiger partial charge in [-0.3, -0.25) is 9.59 Å². The van der Waals surface area contributed by atoms with Gasteiger partial charge in [0.15, 0.2) is 6.54 Å². The number of hydrogen-bond acceptors (Lipinski definition) is 7. The zero-order chi connectivity index (χ0) is 18.5. The number of carbonyl (C=O) groups is 2. The highest BCUT2D eigenvalue weighted by Crippen LogP contribution is 2.22. The zero-order valence-electron chi connectivity index (χ0n) is 14.6. The lowest BCUT2D eigenvalue weighted by Gasteiger charge is -2.11. The lowest BCUT2D eigenvalue weighted by molar-refractivity contribution is -0.667. The van der Waals surface area contributed by atoms with E-state index in [9.17, 15) is 9.59 Å². The normalized spacial score (nSPS) is 17.0. The SMILES string of the molecule is CN(C)c1ccc(/N=N/c2scc[n+]2CC(=O)NC2CCSC2=O)cc1. The summed E-state index contributed by atoms with van der Waals surface area (Å²) >= 11 is 2.68. The molecule has 2 heterocycles. The van der Waals surface area contributed by atoms with Crippen molar-refractivity contribution in [1.29, 1.82) is 0 Å². The Balaban J connectivity index is 1.62. The van der Waals surface area contributed by atoms with Crippen LogP contribution in [0.2, 0.25) is 0 Å². The summed E-state index contributed by atoms with van der Waals surface area (Å²) in [4.78, 5) is 25.8. The first-order chi connectivity index (χ1) is 12.5. The Hall–Kier alpha value is -2.26. The van der Waals surface area contributed by atoms with E-state index in [-0.39, 0.29) is 23.6 Å². The van der Waals surface area contributed by atoms with Gasteiger partial charge in [0.2, 0.25) is 5.12 Å². The molecule has 1 N–H and O–H groups in total. The number of azo groups is 1. The van der Waals surface area contributed by atoms with Gasteiger partial charge in [0.25, 0.3) is 5.91 Å². The smallest absolute Gasteiger partial charge is 0.378 e. The lowest BCUT2D eigenvalue weighted by atomic mass is 10.2. The number of thiazole rings is 1. The number of carbonyl (C=O) groups excluding carboxylic acids is 2. The number of thioether (sulfide) groups is 1. The van der Waals surface area contributed by atoms with E-state index in [1.54, 1.807) is 10.8 Å². The van der Waals surface area contributed by atoms with Gasteiger partial charge in [-0.15, -0.1) is 0 Å². The summed E-state index contributed by atoms with van der Waals surface area (Å²) in [5.74, 6) is 0.572. The first-order valence-electron chi connectivity index (χ1n) is 8.15. The van der Waals surface area contributed by atoms with Crippen LogP contribution >= 0.6 is 23.1 Å². The van der Waals surface area contributed by atoms with Crippen LogP contribution in [-0.4, -0.2) is 36.9 Å². The predicted molar refractivity (Wildman–Crippen MR) is 103 cm³/mol. The zero-order valence-corrected chi connectivity index (χ0v) is 16.2. The number of aromatic nitrogens is 1. The minimum Gasteiger partial charge on any atom is -0.378 e. The monoisotopic (exact) mass is 390 g/mol. The van der Waals surface area contributed by atoms with Crippen LogP contribution in [0.1, 0.15) is 6.42 Å². The molecule has 136 valence electrons. The maximum absolute atomic E-state index is 12.2. The fraction of sp³-hybridized carbons (Fsp3) is 0.353. The van der Waals surface area contributed by atoms with E-state index < -0.39 is 0 Å². The van der Waals surface area contributed by atoms with Crippen molar-refractivity contribution in [2.75, 3.05) is 24.7 Å². The molecule has 0 saturated carbocycles. The molecule has 0 spiro atoms. The first-order valence-corrected chi connectivity index (χ1v) is 10.0. The minimum absolute atomic E-state index is 0.0368. The van der Waals surface area contributed by atoms with Gasteiger partial charge in [0.05, 0.1) is 11.2 Å². The van der Waals surface area contributed by atoms with Gasteiger partial charge in [0.1, 0.15) is 11.9 Å². The number of hydrogen-bond donors (Lipinski definition) is 1. The third kappa shape index (κ3) is 4.67. The summed E-state index contributed by atoms with van der Waals surface area (Å²) in [6, 6.07) is 7.37. The third-order valence-corrected chi connectivity index (χ3v) is 5.66. The largest absolute Gasteiger partial charge is 0.408 e. The molecule has 1 fully saturated rings. The van der Waals surface area contributed by atoms with Crippen LogP contribution in [-0.2, 0) is 16.1 Å². The molecule has 1 aromatic carbocycles. The highest BCUT2D eigenvalue weighted by molar-refractivity contribution is 8.14. The number of benzene rings is 1. The van der Waals surface area contributed by atoms with E-state index in [1.807, 2.05) is 48.6 Å². The van der Waals surface area contributed by atoms with Gasteiger partial charge < -0.3 is 10.2 Å². The third-order valence-electron chi connectivity index (χ3n) is 3.86. The summed E-state index contributed by atoms with van der Waals surface area (Å²) < 4.78 is 1.73. The molecule has 9 heteroatoms. The second kappa shape index (κ2) is 8.41. The van der Waals surface area contributed by atoms with Crippen LogP contribution in [0.15, 0.2) is 46.1 Å². The fourth-order valence-electron chi connectivity index (χ4n) is 2.44. The molecule has 1 saturated heterocycles. The van der Waals surface area contributed by atoms with Crippen molar-refractivity contribution < 1.29 is 14.2 Å². The molecular weight excluding hydrogens is 370 g/mol. The van der Waals surface area contributed by atoms with Crippen LogP contribution in [0.5, 0.6) is 0 Å². The number of rotatable bonds is 6. The van der Waals surface area contributed by atoms with Crippen LogP contribution in [0.25, 0.3) is 0 Å². The fourth-order valence-corrected chi connectivity index (χ4v) is 4.05. The standard InChI is InChI=1S/C17H19N5O2S2/c1-21(2)13-5-3-12(4-6-13)19-20-17-22(8-10-26-17)11-15(23)18-14-7-9-25-16(14)24/h3-6,8,10,14H,7,9,11H2,1-2H3/p+1. The van der Waals surface area contributed by atoms with Crippen molar-refractivity contribution in [3.05, 3.63) is 35.8 Å². The quantitative estimate of drug-likeness (QED) is 0.608. The Labute approximate surface area is 160 Å². The molecule has 0 bridgehead atoms. The second-order valence-corrected chi connectivity index (χ2v) is 7.97. The van der Waals surface area contributed by atoms with E-state index >= 15 is 0 Å². The van der Waals surface area contributed by atoms with E-state index in [1.165, 1.54) is 23.1 Å². The summed E-state index contributed by atoms with van der Waals surface area (Å²) in [6.45, 7) is 0.117. The van der Waals surface area contributed by atoms with Gasteiger partial charge in [-0.1, -0.05) is 11.8 Å². The Bertz CT molecular complexity index is 817. The van der Waals surface area contributed by atoms with Gasteiger partial charge in [0, 0.05) is 30.9 Å². The van der Waals surface area contributed by atoms with Crippen LogP contribution in [0, 0.1) is 0 Å². The summed E-state index contributed by atoms with van der Waals surface area (Å²) in [5, 5.41) is 13.8. The summed E-state index contributed by atoms with van der Waals surface area (Å²) in [7, 11) is 3.96. The molecule has 0 aliphatic carbocycles. The van der Waals surface area contributed by atoms with Gasteiger partial charge in [-0.25, -0.2) is 4.57 Å². The Morgan fingerprint density at radius 1 is 1.31 bits per heavy atom. The first kappa shape index (κ1) is 18.5. The number of nitrogens with zero attached hydrogens (tertiary/aromatic N) is 4. The van der Waals surface area contributed by atoms with Gasteiger partial charge in [-0.2, -0.15) is 0 Å². The minimum atomic E-state index is -0.368. The van der Waals surface area contributed by atoms with Crippen LogP contribution in [0.4, 0.5) is 16.5 Å². The second-order valence-electron chi connectivity index (χ2n) is 6.00. The number of amides is 1. The molecular formula is C17H20N5O2S2+. The van der Waals surface area contributed by atoms with Crippen molar-refractivity contribution in [1.82, 2.24) is 5.32 Å². The molecule has 1 amide bonds. The average Bonchev–Trinajstić information content (AvgIpc) is 3.22. The molecule has 3 rings (SSSR count). The molecule has 26 heavy (non-hydrogen) atoms. The predicted octanol–water partition coefficient (Wildman–Crippen LogP) is 2.67. The van der Waals surface area contributed by atoms with Crippen molar-refractivity contribution in [3.8, 4) is 0 Å². The molecule has 1 atom stereocenters. The van der Waals surface area contributed by atoms with Crippen molar-refractivity contribution in [3.63, 3.8) is 0 Å². The molecule has 1 aliphatic rings. The van der Waals surface area contributed by atoms with E-state index in [0.29, 0.717) is 11.6 Å². The van der Waals surface area contributed by atoms with Gasteiger partial charge in [-0.05, 0) is 47.1 Å². The van der Waals surface area contributed by atoms with Crippen molar-refractivity contribution in [2.24, 2.45) is 10.2 Å². The summed E-state index contributed by atoms with van der Waals surface area (Å²) in [5.41, 5.74) is 1.83. The van der Waals surface area contributed by atoms with E-state index in [2.05, 4.69) is 15.5 Å². The Kier molecular flexibility index (Phi) is 6.00. The molecule has 2 aromatic rings. The maximum Gasteiger partial charge on any atom is 0.408 e. The highest BCUT2D eigenvalue weighted by atomic mass is 32.2. The maximum atomic E-state index is 12.2. The molecule has 1 aliphatic heterocycles. The Morgan fingerprint density at radius 2 is 2.08 bits per heavy atom.